The lowest BCUT2D eigenvalue weighted by molar-refractivity contribution is 0.264. The quantitative estimate of drug-likeness (QED) is 0.880. The number of nitrogens with one attached hydrogen (secondary N) is 1. The zero-order valence-electron chi connectivity index (χ0n) is 11.8. The van der Waals surface area contributed by atoms with Crippen molar-refractivity contribution in [2.45, 2.75) is 25.4 Å². The Morgan fingerprint density at radius 3 is 2.33 bits per heavy atom. The summed E-state index contributed by atoms with van der Waals surface area (Å²) >= 11 is 0. The summed E-state index contributed by atoms with van der Waals surface area (Å²) < 4.78 is 0. The molecule has 0 saturated carbocycles. The predicted octanol–water partition coefficient (Wildman–Crippen LogP) is 2.25. The first-order valence-corrected chi connectivity index (χ1v) is 6.82. The summed E-state index contributed by atoms with van der Waals surface area (Å²) in [6.07, 6.45) is 2.49. The Morgan fingerprint density at radius 1 is 1.17 bits per heavy atom. The van der Waals surface area contributed by atoms with Crippen LogP contribution < -0.4 is 5.32 Å². The third-order valence-electron chi connectivity index (χ3n) is 3.54. The first-order valence-electron chi connectivity index (χ1n) is 6.82. The lowest BCUT2D eigenvalue weighted by atomic mass is 10.0. The van der Waals surface area contributed by atoms with E-state index in [9.17, 15) is 0 Å². The Balaban J connectivity index is 1.86. The zero-order chi connectivity index (χ0) is 13.0. The maximum atomic E-state index is 3.64. The van der Waals surface area contributed by atoms with Crippen molar-refractivity contribution in [2.75, 3.05) is 39.5 Å². The molecule has 1 aromatic carbocycles. The Bertz CT molecular complexity index is 351. The highest BCUT2D eigenvalue weighted by atomic mass is 15.1. The van der Waals surface area contributed by atoms with E-state index in [1.807, 2.05) is 0 Å². The molecule has 1 heterocycles. The van der Waals surface area contributed by atoms with Gasteiger partial charge in [0.1, 0.15) is 0 Å². The van der Waals surface area contributed by atoms with Crippen LogP contribution in [0.1, 0.15) is 18.4 Å². The SMILES string of the molecule is CN(C)Cc1ccc(NC2CCN(C)CC2)cc1. The van der Waals surface area contributed by atoms with Crippen molar-refractivity contribution < 1.29 is 0 Å². The molecule has 1 saturated heterocycles. The maximum Gasteiger partial charge on any atom is 0.0342 e. The van der Waals surface area contributed by atoms with Gasteiger partial charge in [0.15, 0.2) is 0 Å². The van der Waals surface area contributed by atoms with Crippen LogP contribution in [-0.2, 0) is 6.54 Å². The van der Waals surface area contributed by atoms with Gasteiger partial charge in [0, 0.05) is 18.3 Å². The van der Waals surface area contributed by atoms with Gasteiger partial charge in [-0.3, -0.25) is 0 Å². The molecule has 0 bridgehead atoms. The standard InChI is InChI=1S/C15H25N3/c1-17(2)12-13-4-6-14(7-5-13)16-15-8-10-18(3)11-9-15/h4-7,15-16H,8-12H2,1-3H3. The van der Waals surface area contributed by atoms with Crippen molar-refractivity contribution >= 4 is 5.69 Å². The molecule has 1 aliphatic heterocycles. The van der Waals surface area contributed by atoms with Crippen LogP contribution in [0.25, 0.3) is 0 Å². The highest BCUT2D eigenvalue weighted by Gasteiger charge is 2.15. The molecule has 1 N–H and O–H groups in total. The minimum atomic E-state index is 0.640. The van der Waals surface area contributed by atoms with Gasteiger partial charge in [-0.1, -0.05) is 12.1 Å². The Morgan fingerprint density at radius 2 is 1.78 bits per heavy atom. The topological polar surface area (TPSA) is 18.5 Å². The molecule has 0 amide bonds. The highest BCUT2D eigenvalue weighted by molar-refractivity contribution is 5.45. The second kappa shape index (κ2) is 6.21. The third-order valence-corrected chi connectivity index (χ3v) is 3.54. The summed E-state index contributed by atoms with van der Waals surface area (Å²) in [6.45, 7) is 3.42. The van der Waals surface area contributed by atoms with Crippen molar-refractivity contribution in [1.82, 2.24) is 9.80 Å². The van der Waals surface area contributed by atoms with Crippen molar-refractivity contribution in [1.29, 1.82) is 0 Å². The smallest absolute Gasteiger partial charge is 0.0342 e. The first kappa shape index (κ1) is 13.4. The van der Waals surface area contributed by atoms with E-state index in [0.29, 0.717) is 6.04 Å². The fourth-order valence-corrected chi connectivity index (χ4v) is 2.46. The van der Waals surface area contributed by atoms with E-state index in [0.717, 1.165) is 6.54 Å². The molecule has 0 aliphatic carbocycles. The van der Waals surface area contributed by atoms with Gasteiger partial charge in [0.2, 0.25) is 0 Å². The summed E-state index contributed by atoms with van der Waals surface area (Å²) in [5.74, 6) is 0. The number of anilines is 1. The van der Waals surface area contributed by atoms with E-state index in [1.54, 1.807) is 0 Å². The molecule has 0 radical (unpaired) electrons. The van der Waals surface area contributed by atoms with Crippen LogP contribution in [0, 0.1) is 0 Å². The molecule has 1 aromatic rings. The normalized spacial score (nSPS) is 18.2. The number of rotatable bonds is 4. The lowest BCUT2D eigenvalue weighted by Gasteiger charge is -2.30. The summed E-state index contributed by atoms with van der Waals surface area (Å²) in [6, 6.07) is 9.49. The van der Waals surface area contributed by atoms with Gasteiger partial charge in [-0.25, -0.2) is 0 Å². The largest absolute Gasteiger partial charge is 0.382 e. The Hall–Kier alpha value is -1.06. The maximum absolute atomic E-state index is 3.64. The van der Waals surface area contributed by atoms with Gasteiger partial charge in [0.25, 0.3) is 0 Å². The second-order valence-corrected chi connectivity index (χ2v) is 5.66. The fraction of sp³-hybridized carbons (Fsp3) is 0.600. The molecular formula is C15H25N3. The molecule has 0 atom stereocenters. The van der Waals surface area contributed by atoms with Crippen LogP contribution in [0.15, 0.2) is 24.3 Å². The molecular weight excluding hydrogens is 222 g/mol. The summed E-state index contributed by atoms with van der Waals surface area (Å²) in [5.41, 5.74) is 2.63. The van der Waals surface area contributed by atoms with E-state index in [4.69, 9.17) is 0 Å². The van der Waals surface area contributed by atoms with Gasteiger partial charge in [0.05, 0.1) is 0 Å². The summed E-state index contributed by atoms with van der Waals surface area (Å²) in [7, 11) is 6.40. The Kier molecular flexibility index (Phi) is 4.61. The minimum Gasteiger partial charge on any atom is -0.382 e. The first-order chi connectivity index (χ1) is 8.63. The van der Waals surface area contributed by atoms with Gasteiger partial charge in [-0.2, -0.15) is 0 Å². The number of likely N-dealkylation sites (tertiary alicyclic amines) is 1. The third kappa shape index (κ3) is 4.00. The van der Waals surface area contributed by atoms with Gasteiger partial charge in [-0.15, -0.1) is 0 Å². The molecule has 3 heteroatoms. The van der Waals surface area contributed by atoms with Crippen LogP contribution in [0.5, 0.6) is 0 Å². The molecule has 0 unspecified atom stereocenters. The van der Waals surface area contributed by atoms with Crippen molar-refractivity contribution in [3.05, 3.63) is 29.8 Å². The van der Waals surface area contributed by atoms with E-state index in [1.165, 1.54) is 37.2 Å². The number of hydrogen-bond acceptors (Lipinski definition) is 3. The van der Waals surface area contributed by atoms with Crippen LogP contribution in [0.3, 0.4) is 0 Å². The minimum absolute atomic E-state index is 0.640. The van der Waals surface area contributed by atoms with E-state index in [-0.39, 0.29) is 0 Å². The summed E-state index contributed by atoms with van der Waals surface area (Å²) in [4.78, 5) is 4.60. The van der Waals surface area contributed by atoms with E-state index >= 15 is 0 Å². The van der Waals surface area contributed by atoms with Gasteiger partial charge in [-0.05, 0) is 64.8 Å². The molecule has 100 valence electrons. The second-order valence-electron chi connectivity index (χ2n) is 5.66. The van der Waals surface area contributed by atoms with Crippen molar-refractivity contribution in [2.24, 2.45) is 0 Å². The van der Waals surface area contributed by atoms with Crippen LogP contribution >= 0.6 is 0 Å². The van der Waals surface area contributed by atoms with Crippen molar-refractivity contribution in [3.8, 4) is 0 Å². The molecule has 2 rings (SSSR count). The lowest BCUT2D eigenvalue weighted by Crippen LogP contribution is -2.36. The molecule has 0 spiro atoms. The summed E-state index contributed by atoms with van der Waals surface area (Å²) in [5, 5.41) is 3.64. The van der Waals surface area contributed by atoms with Crippen LogP contribution in [-0.4, -0.2) is 50.1 Å². The van der Waals surface area contributed by atoms with Crippen molar-refractivity contribution in [3.63, 3.8) is 0 Å². The number of piperidine rings is 1. The number of nitrogens with zero attached hydrogens (tertiary/aromatic N) is 2. The van der Waals surface area contributed by atoms with Gasteiger partial charge >= 0.3 is 0 Å². The molecule has 1 fully saturated rings. The number of benzene rings is 1. The van der Waals surface area contributed by atoms with E-state index in [2.05, 4.69) is 60.5 Å². The predicted molar refractivity (Wildman–Crippen MR) is 78.0 cm³/mol. The highest BCUT2D eigenvalue weighted by Crippen LogP contribution is 2.16. The average molecular weight is 247 g/mol. The number of hydrogen-bond donors (Lipinski definition) is 1. The van der Waals surface area contributed by atoms with Crippen LogP contribution in [0.4, 0.5) is 5.69 Å². The molecule has 3 nitrogen and oxygen atoms in total. The fourth-order valence-electron chi connectivity index (χ4n) is 2.46. The molecule has 1 aliphatic rings. The van der Waals surface area contributed by atoms with Crippen LogP contribution in [0.2, 0.25) is 0 Å². The zero-order valence-corrected chi connectivity index (χ0v) is 11.8. The van der Waals surface area contributed by atoms with Gasteiger partial charge < -0.3 is 15.1 Å². The average Bonchev–Trinajstić information content (AvgIpc) is 2.34. The van der Waals surface area contributed by atoms with E-state index < -0.39 is 0 Å². The Labute approximate surface area is 111 Å². The molecule has 0 aromatic heterocycles. The molecule has 18 heavy (non-hydrogen) atoms. The monoisotopic (exact) mass is 247 g/mol.